The fourth-order valence-electron chi connectivity index (χ4n) is 8.16. The molecule has 2 aromatic heterocycles. The highest BCUT2D eigenvalue weighted by atomic mass is 19.3. The van der Waals surface area contributed by atoms with Crippen molar-refractivity contribution >= 4 is 11.5 Å². The Labute approximate surface area is 260 Å². The number of likely N-dealkylation sites (tertiary alicyclic amines) is 1. The van der Waals surface area contributed by atoms with Crippen molar-refractivity contribution in [2.24, 2.45) is 18.4 Å². The predicted molar refractivity (Wildman–Crippen MR) is 171 cm³/mol. The summed E-state index contributed by atoms with van der Waals surface area (Å²) < 4.78 is 33.1. The van der Waals surface area contributed by atoms with Crippen molar-refractivity contribution in [2.75, 3.05) is 57.8 Å². The van der Waals surface area contributed by atoms with E-state index in [-0.39, 0.29) is 5.56 Å². The van der Waals surface area contributed by atoms with Gasteiger partial charge in [-0.1, -0.05) is 13.8 Å². The third kappa shape index (κ3) is 5.58. The third-order valence-electron chi connectivity index (χ3n) is 10.9. The standard InChI is InChI=1S/C34H48F2N8/c1-34(2)22-37-11-7-25(34)20-42-14-8-26(9-15-42)44-30-10-13-40(3)21-29(30)33(39-44)43-12-5-6-23-16-27(24-18-38-41(4)19-24)28(32(35)36)17-31(23)43/h16-19,25-26,32,37H,5-15,20-22H2,1-4H3. The molecule has 1 unspecified atom stereocenters. The highest BCUT2D eigenvalue weighted by Gasteiger charge is 2.36. The fourth-order valence-corrected chi connectivity index (χ4v) is 8.16. The maximum absolute atomic E-state index is 14.5. The minimum Gasteiger partial charge on any atom is -0.324 e. The molecule has 6 heterocycles. The molecule has 1 aromatic carbocycles. The van der Waals surface area contributed by atoms with E-state index in [1.807, 2.05) is 19.3 Å². The number of nitrogens with one attached hydrogen (secondary N) is 1. The van der Waals surface area contributed by atoms with Crippen molar-refractivity contribution in [2.45, 2.75) is 71.4 Å². The van der Waals surface area contributed by atoms with E-state index < -0.39 is 6.43 Å². The molecule has 3 aromatic rings. The third-order valence-corrected chi connectivity index (χ3v) is 10.9. The van der Waals surface area contributed by atoms with E-state index in [2.05, 4.69) is 50.7 Å². The number of benzene rings is 1. The molecule has 0 radical (unpaired) electrons. The van der Waals surface area contributed by atoms with Gasteiger partial charge in [0.1, 0.15) is 0 Å². The van der Waals surface area contributed by atoms with Gasteiger partial charge in [-0.05, 0) is 80.3 Å². The van der Waals surface area contributed by atoms with Crippen LogP contribution in [0.25, 0.3) is 11.1 Å². The normalized spacial score (nSPS) is 23.2. The number of aromatic nitrogens is 4. The number of rotatable bonds is 6. The number of anilines is 2. The minimum atomic E-state index is -2.57. The van der Waals surface area contributed by atoms with Crippen molar-refractivity contribution in [1.29, 1.82) is 0 Å². The first-order chi connectivity index (χ1) is 21.2. The van der Waals surface area contributed by atoms with Crippen LogP contribution in [-0.4, -0.2) is 82.2 Å². The highest BCUT2D eigenvalue weighted by Crippen LogP contribution is 2.43. The van der Waals surface area contributed by atoms with Crippen molar-refractivity contribution in [1.82, 2.24) is 34.7 Å². The highest BCUT2D eigenvalue weighted by molar-refractivity contribution is 5.76. The second-order valence-electron chi connectivity index (χ2n) is 14.4. The minimum absolute atomic E-state index is 0.0679. The largest absolute Gasteiger partial charge is 0.324 e. The van der Waals surface area contributed by atoms with E-state index in [0.29, 0.717) is 17.0 Å². The lowest BCUT2D eigenvalue weighted by Crippen LogP contribution is -2.48. The summed E-state index contributed by atoms with van der Waals surface area (Å²) in [4.78, 5) is 7.30. The number of hydrogen-bond donors (Lipinski definition) is 1. The molecular weight excluding hydrogens is 558 g/mol. The number of aryl methyl sites for hydroxylation is 2. The Kier molecular flexibility index (Phi) is 8.04. The van der Waals surface area contributed by atoms with Crippen LogP contribution in [0.5, 0.6) is 0 Å². The summed E-state index contributed by atoms with van der Waals surface area (Å²) in [6, 6.07) is 4.10. The van der Waals surface area contributed by atoms with Gasteiger partial charge < -0.3 is 20.0 Å². The van der Waals surface area contributed by atoms with Gasteiger partial charge in [-0.15, -0.1) is 0 Å². The van der Waals surface area contributed by atoms with Crippen LogP contribution >= 0.6 is 0 Å². The Hall–Kier alpha value is -2.82. The van der Waals surface area contributed by atoms with Crippen LogP contribution in [0, 0.1) is 11.3 Å². The number of nitrogens with zero attached hydrogens (tertiary/aromatic N) is 7. The molecule has 4 aliphatic rings. The van der Waals surface area contributed by atoms with Crippen molar-refractivity contribution in [3.63, 3.8) is 0 Å². The molecule has 4 aliphatic heterocycles. The van der Waals surface area contributed by atoms with Crippen molar-refractivity contribution < 1.29 is 8.78 Å². The first kappa shape index (κ1) is 29.9. The van der Waals surface area contributed by atoms with E-state index in [1.54, 1.807) is 16.9 Å². The molecule has 0 aliphatic carbocycles. The van der Waals surface area contributed by atoms with Crippen LogP contribution in [-0.2, 0) is 26.4 Å². The van der Waals surface area contributed by atoms with Gasteiger partial charge in [-0.3, -0.25) is 9.36 Å². The smallest absolute Gasteiger partial charge is 0.264 e. The molecule has 0 saturated carbocycles. The van der Waals surface area contributed by atoms with E-state index in [4.69, 9.17) is 5.10 Å². The number of likely N-dealkylation sites (N-methyl/N-ethyl adjacent to an activating group) is 1. The Balaban J connectivity index is 1.18. The molecule has 1 atom stereocenters. The molecule has 44 heavy (non-hydrogen) atoms. The summed E-state index contributed by atoms with van der Waals surface area (Å²) in [5.41, 5.74) is 6.36. The molecule has 10 heteroatoms. The Morgan fingerprint density at radius 1 is 1.05 bits per heavy atom. The van der Waals surface area contributed by atoms with Gasteiger partial charge in [-0.25, -0.2) is 8.78 Å². The van der Waals surface area contributed by atoms with Crippen LogP contribution in [0.2, 0.25) is 0 Å². The summed E-state index contributed by atoms with van der Waals surface area (Å²) in [7, 11) is 3.99. The van der Waals surface area contributed by atoms with Gasteiger partial charge in [0.15, 0.2) is 5.82 Å². The van der Waals surface area contributed by atoms with Crippen LogP contribution < -0.4 is 10.2 Å². The first-order valence-electron chi connectivity index (χ1n) is 16.6. The second kappa shape index (κ2) is 11.8. The zero-order valence-corrected chi connectivity index (χ0v) is 26.8. The Morgan fingerprint density at radius 3 is 2.59 bits per heavy atom. The zero-order valence-electron chi connectivity index (χ0n) is 26.8. The maximum Gasteiger partial charge on any atom is 0.264 e. The van der Waals surface area contributed by atoms with Gasteiger partial charge >= 0.3 is 0 Å². The lowest BCUT2D eigenvalue weighted by atomic mass is 9.74. The Bertz CT molecular complexity index is 1480. The van der Waals surface area contributed by atoms with Crippen molar-refractivity contribution in [3.05, 3.63) is 46.9 Å². The molecule has 1 N–H and O–H groups in total. The summed E-state index contributed by atoms with van der Waals surface area (Å²) in [6.07, 6.45) is 7.22. The molecule has 8 nitrogen and oxygen atoms in total. The van der Waals surface area contributed by atoms with Gasteiger partial charge in [0.25, 0.3) is 6.43 Å². The van der Waals surface area contributed by atoms with E-state index in [9.17, 15) is 8.78 Å². The van der Waals surface area contributed by atoms with Crippen LogP contribution in [0.1, 0.15) is 74.4 Å². The van der Waals surface area contributed by atoms with E-state index >= 15 is 0 Å². The topological polar surface area (TPSA) is 57.4 Å². The second-order valence-corrected chi connectivity index (χ2v) is 14.4. The quantitative estimate of drug-likeness (QED) is 0.396. The number of fused-ring (bicyclic) bond motifs is 2. The number of hydrogen-bond acceptors (Lipinski definition) is 6. The molecule has 2 fully saturated rings. The summed E-state index contributed by atoms with van der Waals surface area (Å²) in [6.45, 7) is 13.1. The number of piperidine rings is 2. The molecular formula is C34H48F2N8. The SMILES string of the molecule is CN1CCc2c(c(N3CCCc4cc(-c5cnn(C)c5)c(C(F)F)cc43)nn2C2CCN(CC3CCNCC3(C)C)CC2)C1. The molecule has 2 saturated heterocycles. The molecule has 0 bridgehead atoms. The van der Waals surface area contributed by atoms with Crippen LogP contribution in [0.15, 0.2) is 24.5 Å². The molecule has 7 rings (SSSR count). The maximum atomic E-state index is 14.5. The fraction of sp³-hybridized carbons (Fsp3) is 0.647. The number of alkyl halides is 2. The van der Waals surface area contributed by atoms with E-state index in [0.717, 1.165) is 106 Å². The summed E-state index contributed by atoms with van der Waals surface area (Å²) in [5, 5.41) is 13.2. The van der Waals surface area contributed by atoms with Gasteiger partial charge in [-0.2, -0.15) is 10.2 Å². The lowest BCUT2D eigenvalue weighted by molar-refractivity contribution is 0.0811. The predicted octanol–water partition coefficient (Wildman–Crippen LogP) is 5.57. The number of halogens is 2. The monoisotopic (exact) mass is 606 g/mol. The molecule has 238 valence electrons. The van der Waals surface area contributed by atoms with Gasteiger partial charge in [0.2, 0.25) is 0 Å². The summed E-state index contributed by atoms with van der Waals surface area (Å²) in [5.74, 6) is 1.71. The average molecular weight is 607 g/mol. The lowest BCUT2D eigenvalue weighted by Gasteiger charge is -2.43. The molecule has 0 amide bonds. The first-order valence-corrected chi connectivity index (χ1v) is 16.6. The van der Waals surface area contributed by atoms with Gasteiger partial charge in [0, 0.05) is 93.6 Å². The van der Waals surface area contributed by atoms with Gasteiger partial charge in [0.05, 0.1) is 12.2 Å². The van der Waals surface area contributed by atoms with Crippen LogP contribution in [0.4, 0.5) is 20.3 Å². The average Bonchev–Trinajstić information content (AvgIpc) is 3.61. The summed E-state index contributed by atoms with van der Waals surface area (Å²) >= 11 is 0. The van der Waals surface area contributed by atoms with E-state index in [1.165, 1.54) is 24.2 Å². The Morgan fingerprint density at radius 2 is 1.86 bits per heavy atom. The zero-order chi connectivity index (χ0) is 30.6. The van der Waals surface area contributed by atoms with Crippen molar-refractivity contribution in [3.8, 4) is 11.1 Å². The van der Waals surface area contributed by atoms with Crippen LogP contribution in [0.3, 0.4) is 0 Å². The molecule has 0 spiro atoms.